The highest BCUT2D eigenvalue weighted by molar-refractivity contribution is 8.00. The quantitative estimate of drug-likeness (QED) is 0.580. The van der Waals surface area contributed by atoms with Crippen LogP contribution < -0.4 is 10.9 Å². The van der Waals surface area contributed by atoms with Crippen molar-refractivity contribution in [3.05, 3.63) is 20.8 Å². The summed E-state index contributed by atoms with van der Waals surface area (Å²) in [5, 5.41) is 4.04. The minimum absolute atomic E-state index is 0.0177. The molecule has 1 unspecified atom stereocenters. The molecule has 2 rings (SSSR count). The average molecular weight is 396 g/mol. The molecule has 2 heterocycles. The van der Waals surface area contributed by atoms with Crippen molar-refractivity contribution in [2.45, 2.75) is 83.8 Å². The van der Waals surface area contributed by atoms with Crippen LogP contribution in [0.4, 0.5) is 0 Å². The molecule has 1 atom stereocenters. The van der Waals surface area contributed by atoms with Gasteiger partial charge in [0.15, 0.2) is 5.16 Å². The molecule has 0 aliphatic rings. The summed E-state index contributed by atoms with van der Waals surface area (Å²) in [6.07, 6.45) is 0.852. The lowest BCUT2D eigenvalue weighted by Crippen LogP contribution is -2.46. The molecule has 1 amide bonds. The zero-order chi connectivity index (χ0) is 19.8. The fraction of sp³-hybridized carbons (Fsp3) is 0.632. The molecule has 0 fully saturated rings. The Kier molecular flexibility index (Phi) is 6.23. The van der Waals surface area contributed by atoms with E-state index in [0.717, 1.165) is 21.7 Å². The van der Waals surface area contributed by atoms with E-state index in [1.165, 1.54) is 23.1 Å². The minimum Gasteiger partial charge on any atom is -0.350 e. The molecule has 0 radical (unpaired) electrons. The van der Waals surface area contributed by atoms with E-state index in [9.17, 15) is 9.59 Å². The van der Waals surface area contributed by atoms with E-state index in [1.807, 2.05) is 55.4 Å². The van der Waals surface area contributed by atoms with Crippen molar-refractivity contribution in [2.24, 2.45) is 0 Å². The topological polar surface area (TPSA) is 64.0 Å². The Bertz CT molecular complexity index is 881. The summed E-state index contributed by atoms with van der Waals surface area (Å²) in [6, 6.07) is -0.0242. The van der Waals surface area contributed by atoms with Gasteiger partial charge in [-0.2, -0.15) is 0 Å². The number of aryl methyl sites for hydroxylation is 2. The van der Waals surface area contributed by atoms with Gasteiger partial charge in [0, 0.05) is 16.5 Å². The highest BCUT2D eigenvalue weighted by atomic mass is 32.2. The molecule has 7 heteroatoms. The smallest absolute Gasteiger partial charge is 0.263 e. The van der Waals surface area contributed by atoms with Gasteiger partial charge < -0.3 is 5.32 Å². The monoisotopic (exact) mass is 395 g/mol. The second kappa shape index (κ2) is 7.72. The third-order valence-corrected chi connectivity index (χ3v) is 6.88. The lowest BCUT2D eigenvalue weighted by Gasteiger charge is -2.26. The van der Waals surface area contributed by atoms with Gasteiger partial charge in [0.05, 0.1) is 10.6 Å². The molecule has 2 aromatic rings. The summed E-state index contributed by atoms with van der Waals surface area (Å²) in [4.78, 5) is 32.2. The number of aromatic nitrogens is 2. The number of thioether (sulfide) groups is 1. The lowest BCUT2D eigenvalue weighted by atomic mass is 10.0. The van der Waals surface area contributed by atoms with Crippen molar-refractivity contribution in [3.8, 4) is 0 Å². The number of nitrogens with one attached hydrogen (secondary N) is 1. The first kappa shape index (κ1) is 21.0. The molecule has 144 valence electrons. The number of thiophene rings is 1. The molecule has 26 heavy (non-hydrogen) atoms. The van der Waals surface area contributed by atoms with Gasteiger partial charge in [-0.05, 0) is 60.5 Å². The van der Waals surface area contributed by atoms with Gasteiger partial charge in [-0.15, -0.1) is 11.3 Å². The molecule has 2 aromatic heterocycles. The maximum atomic E-state index is 13.1. The zero-order valence-electron chi connectivity index (χ0n) is 16.9. The first-order valence-corrected chi connectivity index (χ1v) is 10.7. The molecule has 5 nitrogen and oxygen atoms in total. The van der Waals surface area contributed by atoms with Crippen LogP contribution in [-0.4, -0.2) is 26.2 Å². The average Bonchev–Trinajstić information content (AvgIpc) is 2.81. The highest BCUT2D eigenvalue weighted by Crippen LogP contribution is 2.31. The predicted octanol–water partition coefficient (Wildman–Crippen LogP) is 4.44. The summed E-state index contributed by atoms with van der Waals surface area (Å²) in [7, 11) is 0. The van der Waals surface area contributed by atoms with Crippen molar-refractivity contribution in [1.29, 1.82) is 0 Å². The Balaban J connectivity index is 2.44. The molecule has 0 spiro atoms. The summed E-state index contributed by atoms with van der Waals surface area (Å²) < 4.78 is 1.71. The standard InChI is InChI=1S/C19H29N3O2S2/c1-9-19(7,8)21-15(23)13(6)26-18-20-16-14(11(4)12(5)25-16)17(24)22(18)10(2)3/h10,13H,9H2,1-8H3,(H,21,23). The predicted molar refractivity (Wildman–Crippen MR) is 112 cm³/mol. The number of carbonyl (C=O) groups excluding carboxylic acids is 1. The maximum Gasteiger partial charge on any atom is 0.263 e. The molecule has 0 saturated heterocycles. The zero-order valence-corrected chi connectivity index (χ0v) is 18.5. The number of hydrogen-bond donors (Lipinski definition) is 1. The number of fused-ring (bicyclic) bond motifs is 1. The summed E-state index contributed by atoms with van der Waals surface area (Å²) in [5.41, 5.74) is 0.739. The number of rotatable bonds is 6. The van der Waals surface area contributed by atoms with Crippen molar-refractivity contribution in [3.63, 3.8) is 0 Å². The largest absolute Gasteiger partial charge is 0.350 e. The Labute approximate surface area is 163 Å². The van der Waals surface area contributed by atoms with Gasteiger partial charge >= 0.3 is 0 Å². The number of hydrogen-bond acceptors (Lipinski definition) is 5. The van der Waals surface area contributed by atoms with E-state index in [4.69, 9.17) is 4.98 Å². The third-order valence-electron chi connectivity index (χ3n) is 4.72. The van der Waals surface area contributed by atoms with Gasteiger partial charge in [0.1, 0.15) is 4.83 Å². The van der Waals surface area contributed by atoms with Gasteiger partial charge in [-0.25, -0.2) is 4.98 Å². The Morgan fingerprint density at radius 2 is 1.92 bits per heavy atom. The normalized spacial score (nSPS) is 13.4. The molecule has 0 aromatic carbocycles. The second-order valence-electron chi connectivity index (χ2n) is 7.61. The van der Waals surface area contributed by atoms with E-state index >= 15 is 0 Å². The Hall–Kier alpha value is -1.34. The minimum atomic E-state index is -0.336. The first-order valence-electron chi connectivity index (χ1n) is 8.99. The Morgan fingerprint density at radius 3 is 2.46 bits per heavy atom. The van der Waals surface area contributed by atoms with Crippen molar-refractivity contribution in [1.82, 2.24) is 14.9 Å². The molecular formula is C19H29N3O2S2. The fourth-order valence-corrected chi connectivity index (χ4v) is 4.67. The van der Waals surface area contributed by atoms with Crippen LogP contribution in [-0.2, 0) is 4.79 Å². The van der Waals surface area contributed by atoms with Gasteiger partial charge in [0.2, 0.25) is 5.91 Å². The fourth-order valence-electron chi connectivity index (χ4n) is 2.56. The van der Waals surface area contributed by atoms with E-state index < -0.39 is 0 Å². The van der Waals surface area contributed by atoms with Crippen LogP contribution in [0, 0.1) is 13.8 Å². The summed E-state index contributed by atoms with van der Waals surface area (Å²) >= 11 is 2.89. The van der Waals surface area contributed by atoms with Crippen molar-refractivity contribution >= 4 is 39.2 Å². The highest BCUT2D eigenvalue weighted by Gasteiger charge is 2.25. The number of carbonyl (C=O) groups is 1. The van der Waals surface area contributed by atoms with Crippen molar-refractivity contribution < 1.29 is 4.79 Å². The van der Waals surface area contributed by atoms with Crippen LogP contribution >= 0.6 is 23.1 Å². The van der Waals surface area contributed by atoms with Crippen LogP contribution in [0.3, 0.4) is 0 Å². The first-order chi connectivity index (χ1) is 12.0. The maximum absolute atomic E-state index is 13.1. The van der Waals surface area contributed by atoms with E-state index in [1.54, 1.807) is 4.57 Å². The molecular weight excluding hydrogens is 366 g/mol. The van der Waals surface area contributed by atoms with Crippen LogP contribution in [0.25, 0.3) is 10.2 Å². The van der Waals surface area contributed by atoms with Crippen LogP contribution in [0.2, 0.25) is 0 Å². The second-order valence-corrected chi connectivity index (χ2v) is 10.1. The van der Waals surface area contributed by atoms with Crippen LogP contribution in [0.1, 0.15) is 64.4 Å². The van der Waals surface area contributed by atoms with Crippen molar-refractivity contribution in [2.75, 3.05) is 0 Å². The Morgan fingerprint density at radius 1 is 1.31 bits per heavy atom. The van der Waals surface area contributed by atoms with Crippen LogP contribution in [0.15, 0.2) is 9.95 Å². The molecule has 0 saturated carbocycles. The third kappa shape index (κ3) is 4.14. The van der Waals surface area contributed by atoms with Crippen LogP contribution in [0.5, 0.6) is 0 Å². The van der Waals surface area contributed by atoms with E-state index in [2.05, 4.69) is 5.32 Å². The van der Waals surface area contributed by atoms with E-state index in [0.29, 0.717) is 10.5 Å². The molecule has 0 aliphatic heterocycles. The molecule has 0 bridgehead atoms. The SMILES string of the molecule is CCC(C)(C)NC(=O)C(C)Sc1nc2sc(C)c(C)c2c(=O)n1C(C)C. The van der Waals surface area contributed by atoms with E-state index in [-0.39, 0.29) is 28.3 Å². The van der Waals surface area contributed by atoms with Gasteiger partial charge in [0.25, 0.3) is 5.56 Å². The molecule has 0 aliphatic carbocycles. The molecule has 1 N–H and O–H groups in total. The summed E-state index contributed by atoms with van der Waals surface area (Å²) in [5.74, 6) is -0.0370. The van der Waals surface area contributed by atoms with Gasteiger partial charge in [-0.1, -0.05) is 18.7 Å². The number of nitrogens with zero attached hydrogens (tertiary/aromatic N) is 2. The number of amides is 1. The summed E-state index contributed by atoms with van der Waals surface area (Å²) in [6.45, 7) is 15.8. The lowest BCUT2D eigenvalue weighted by molar-refractivity contribution is -0.121. The van der Waals surface area contributed by atoms with Gasteiger partial charge in [-0.3, -0.25) is 14.2 Å².